The van der Waals surface area contributed by atoms with Gasteiger partial charge >= 0.3 is 0 Å². The molecule has 1 rings (SSSR count). The molecule has 3 nitrogen and oxygen atoms in total. The molecule has 0 aliphatic rings. The van der Waals surface area contributed by atoms with Crippen LogP contribution < -0.4 is 0 Å². The van der Waals surface area contributed by atoms with E-state index in [9.17, 15) is 8.42 Å². The number of hydrogen-bond donors (Lipinski definition) is 0. The van der Waals surface area contributed by atoms with Gasteiger partial charge in [0.05, 0.1) is 14.2 Å². The van der Waals surface area contributed by atoms with Gasteiger partial charge in [-0.25, -0.2) is 8.42 Å². The summed E-state index contributed by atoms with van der Waals surface area (Å²) in [6, 6.07) is 1.54. The summed E-state index contributed by atoms with van der Waals surface area (Å²) in [6.07, 6.45) is 2.77. The summed E-state index contributed by atoms with van der Waals surface area (Å²) < 4.78 is 23.5. The van der Waals surface area contributed by atoms with Crippen LogP contribution in [-0.2, 0) is 9.84 Å². The molecule has 14 heavy (non-hydrogen) atoms. The van der Waals surface area contributed by atoms with Crippen molar-refractivity contribution in [1.29, 1.82) is 0 Å². The Morgan fingerprint density at radius 2 is 2.00 bits per heavy atom. The lowest BCUT2D eigenvalue weighted by Crippen LogP contribution is -2.05. The SMILES string of the molecule is CC(C)c1nccc(S(C)(=O)=O)c1I. The van der Waals surface area contributed by atoms with Gasteiger partial charge in [0.2, 0.25) is 0 Å². The summed E-state index contributed by atoms with van der Waals surface area (Å²) in [7, 11) is -3.14. The van der Waals surface area contributed by atoms with E-state index in [-0.39, 0.29) is 5.92 Å². The summed E-state index contributed by atoms with van der Waals surface area (Å²) in [5, 5.41) is 0. The van der Waals surface area contributed by atoms with E-state index in [0.29, 0.717) is 4.90 Å². The predicted octanol–water partition coefficient (Wildman–Crippen LogP) is 2.21. The molecule has 0 bridgehead atoms. The van der Waals surface area contributed by atoms with Crippen molar-refractivity contribution >= 4 is 32.4 Å². The van der Waals surface area contributed by atoms with E-state index in [1.165, 1.54) is 6.26 Å². The van der Waals surface area contributed by atoms with E-state index >= 15 is 0 Å². The Labute approximate surface area is 98.0 Å². The maximum Gasteiger partial charge on any atom is 0.176 e. The Hall–Kier alpha value is -0.170. The molecular weight excluding hydrogens is 313 g/mol. The fourth-order valence-corrected chi connectivity index (χ4v) is 4.01. The standard InChI is InChI=1S/C9H12INO2S/c1-6(2)9-8(10)7(4-5-11-9)14(3,12)13/h4-6H,1-3H3. The summed E-state index contributed by atoms with van der Waals surface area (Å²) >= 11 is 2.04. The third-order valence-corrected chi connectivity index (χ3v) is 4.47. The highest BCUT2D eigenvalue weighted by Gasteiger charge is 2.16. The topological polar surface area (TPSA) is 47.0 Å². The molecule has 0 amide bonds. The molecule has 0 unspecified atom stereocenters. The molecule has 0 aliphatic carbocycles. The van der Waals surface area contributed by atoms with Crippen molar-refractivity contribution in [3.8, 4) is 0 Å². The van der Waals surface area contributed by atoms with Gasteiger partial charge in [0.15, 0.2) is 9.84 Å². The predicted molar refractivity (Wildman–Crippen MR) is 64.2 cm³/mol. The first kappa shape index (κ1) is 11.9. The molecule has 0 N–H and O–H groups in total. The van der Waals surface area contributed by atoms with Crippen molar-refractivity contribution in [2.75, 3.05) is 6.26 Å². The molecular formula is C9H12INO2S. The first-order chi connectivity index (χ1) is 6.34. The summed E-state index contributed by atoms with van der Waals surface area (Å²) in [5.74, 6) is 0.239. The van der Waals surface area contributed by atoms with Crippen LogP contribution in [0.15, 0.2) is 17.2 Å². The van der Waals surface area contributed by atoms with E-state index in [2.05, 4.69) is 4.98 Å². The van der Waals surface area contributed by atoms with E-state index in [1.54, 1.807) is 12.3 Å². The molecule has 0 saturated carbocycles. The fraction of sp³-hybridized carbons (Fsp3) is 0.444. The van der Waals surface area contributed by atoms with Crippen molar-refractivity contribution in [3.63, 3.8) is 0 Å². The van der Waals surface area contributed by atoms with E-state index < -0.39 is 9.84 Å². The average Bonchev–Trinajstić information content (AvgIpc) is 2.01. The van der Waals surface area contributed by atoms with Crippen LogP contribution in [0.2, 0.25) is 0 Å². The quantitative estimate of drug-likeness (QED) is 0.784. The van der Waals surface area contributed by atoms with Crippen molar-refractivity contribution < 1.29 is 8.42 Å². The van der Waals surface area contributed by atoms with E-state index in [0.717, 1.165) is 9.26 Å². The molecule has 0 radical (unpaired) electrons. The van der Waals surface area contributed by atoms with Crippen molar-refractivity contribution in [2.45, 2.75) is 24.7 Å². The Morgan fingerprint density at radius 1 is 1.43 bits per heavy atom. The van der Waals surface area contributed by atoms with E-state index in [1.807, 2.05) is 36.4 Å². The van der Waals surface area contributed by atoms with Crippen LogP contribution in [0.1, 0.15) is 25.5 Å². The highest BCUT2D eigenvalue weighted by molar-refractivity contribution is 14.1. The molecule has 1 aromatic heterocycles. The number of hydrogen-bond acceptors (Lipinski definition) is 3. The van der Waals surface area contributed by atoms with Crippen molar-refractivity contribution in [3.05, 3.63) is 21.5 Å². The largest absolute Gasteiger partial charge is 0.260 e. The zero-order chi connectivity index (χ0) is 10.9. The first-order valence-electron chi connectivity index (χ1n) is 4.18. The van der Waals surface area contributed by atoms with Crippen molar-refractivity contribution in [1.82, 2.24) is 4.98 Å². The van der Waals surface area contributed by atoms with Gasteiger partial charge in [-0.2, -0.15) is 0 Å². The molecule has 5 heteroatoms. The number of halogens is 1. The minimum Gasteiger partial charge on any atom is -0.260 e. The van der Waals surface area contributed by atoms with Gasteiger partial charge in [0.25, 0.3) is 0 Å². The number of rotatable bonds is 2. The van der Waals surface area contributed by atoms with Crippen LogP contribution in [0, 0.1) is 3.57 Å². The second kappa shape index (κ2) is 4.14. The monoisotopic (exact) mass is 325 g/mol. The number of nitrogens with zero attached hydrogens (tertiary/aromatic N) is 1. The Balaban J connectivity index is 3.43. The van der Waals surface area contributed by atoms with Crippen LogP contribution in [0.4, 0.5) is 0 Å². The lowest BCUT2D eigenvalue weighted by atomic mass is 10.1. The molecule has 0 aliphatic heterocycles. The van der Waals surface area contributed by atoms with Crippen LogP contribution in [-0.4, -0.2) is 19.7 Å². The van der Waals surface area contributed by atoms with Gasteiger partial charge < -0.3 is 0 Å². The second-order valence-corrected chi connectivity index (χ2v) is 6.50. The molecule has 0 fully saturated rings. The third-order valence-electron chi connectivity index (χ3n) is 1.83. The normalized spacial score (nSPS) is 12.1. The summed E-state index contributed by atoms with van der Waals surface area (Å²) in [5.41, 5.74) is 0.841. The minimum atomic E-state index is -3.14. The molecule has 1 heterocycles. The molecule has 0 saturated heterocycles. The van der Waals surface area contributed by atoms with Crippen LogP contribution in [0.3, 0.4) is 0 Å². The average molecular weight is 325 g/mol. The molecule has 0 spiro atoms. The number of pyridine rings is 1. The lowest BCUT2D eigenvalue weighted by molar-refractivity contribution is 0.600. The Bertz CT molecular complexity index is 440. The Kier molecular flexibility index (Phi) is 3.52. The molecule has 78 valence electrons. The first-order valence-corrected chi connectivity index (χ1v) is 7.15. The van der Waals surface area contributed by atoms with E-state index in [4.69, 9.17) is 0 Å². The maximum absolute atomic E-state index is 11.4. The van der Waals surface area contributed by atoms with Crippen LogP contribution in [0.5, 0.6) is 0 Å². The van der Waals surface area contributed by atoms with Gasteiger partial charge in [-0.15, -0.1) is 0 Å². The van der Waals surface area contributed by atoms with Gasteiger partial charge in [0, 0.05) is 12.5 Å². The van der Waals surface area contributed by atoms with Crippen LogP contribution in [0.25, 0.3) is 0 Å². The number of aromatic nitrogens is 1. The highest BCUT2D eigenvalue weighted by Crippen LogP contribution is 2.24. The fourth-order valence-electron chi connectivity index (χ4n) is 1.13. The minimum absolute atomic E-state index is 0.239. The lowest BCUT2D eigenvalue weighted by Gasteiger charge is -2.09. The highest BCUT2D eigenvalue weighted by atomic mass is 127. The maximum atomic E-state index is 11.4. The summed E-state index contributed by atoms with van der Waals surface area (Å²) in [4.78, 5) is 4.55. The van der Waals surface area contributed by atoms with Gasteiger partial charge in [-0.3, -0.25) is 4.98 Å². The van der Waals surface area contributed by atoms with Crippen molar-refractivity contribution in [2.24, 2.45) is 0 Å². The van der Waals surface area contributed by atoms with Gasteiger partial charge in [-0.05, 0) is 34.6 Å². The Morgan fingerprint density at radius 3 is 2.43 bits per heavy atom. The molecule has 0 atom stereocenters. The summed E-state index contributed by atoms with van der Waals surface area (Å²) in [6.45, 7) is 3.99. The molecule has 0 aromatic carbocycles. The molecule has 1 aromatic rings. The number of sulfone groups is 1. The van der Waals surface area contributed by atoms with Crippen LogP contribution >= 0.6 is 22.6 Å². The third kappa shape index (κ3) is 2.44. The smallest absolute Gasteiger partial charge is 0.176 e. The second-order valence-electron chi connectivity index (χ2n) is 3.44. The zero-order valence-electron chi connectivity index (χ0n) is 8.28. The van der Waals surface area contributed by atoms with Gasteiger partial charge in [-0.1, -0.05) is 13.8 Å². The van der Waals surface area contributed by atoms with Gasteiger partial charge in [0.1, 0.15) is 0 Å². The zero-order valence-corrected chi connectivity index (χ0v) is 11.3.